The Bertz CT molecular complexity index is 916. The Morgan fingerprint density at radius 1 is 1.12 bits per heavy atom. The van der Waals surface area contributed by atoms with E-state index in [0.717, 1.165) is 21.8 Å². The van der Waals surface area contributed by atoms with Crippen LogP contribution in [0.4, 0.5) is 4.79 Å². The predicted molar refractivity (Wildman–Crippen MR) is 102 cm³/mol. The largest absolute Gasteiger partial charge is 0.340 e. The van der Waals surface area contributed by atoms with Gasteiger partial charge in [-0.15, -0.1) is 11.3 Å². The molecule has 2 aromatic heterocycles. The number of nitrogens with zero attached hydrogens (tertiary/aromatic N) is 2. The number of carbonyl (C=O) groups excluding carboxylic acids is 2. The summed E-state index contributed by atoms with van der Waals surface area (Å²) < 4.78 is 1.77. The topological polar surface area (TPSA) is 88.0 Å². The zero-order valence-corrected chi connectivity index (χ0v) is 14.8. The van der Waals surface area contributed by atoms with Crippen molar-refractivity contribution in [3.05, 3.63) is 65.7 Å². The van der Waals surface area contributed by atoms with E-state index >= 15 is 0 Å². The van der Waals surface area contributed by atoms with Crippen molar-refractivity contribution in [2.45, 2.75) is 0 Å². The maximum absolute atomic E-state index is 11.8. The lowest BCUT2D eigenvalue weighted by molar-refractivity contribution is -0.117. The Kier molecular flexibility index (Phi) is 5.45. The molecule has 0 aliphatic carbocycles. The van der Waals surface area contributed by atoms with Crippen molar-refractivity contribution in [2.75, 3.05) is 7.05 Å². The molecule has 3 amide bonds. The number of thiophene rings is 1. The molecule has 0 aliphatic rings. The average Bonchev–Trinajstić information content (AvgIpc) is 3.34. The second-order valence-corrected chi connectivity index (χ2v) is 6.16. The second-order valence-electron chi connectivity index (χ2n) is 5.22. The van der Waals surface area contributed by atoms with Crippen molar-refractivity contribution < 1.29 is 9.59 Å². The van der Waals surface area contributed by atoms with E-state index in [-0.39, 0.29) is 0 Å². The Balaban J connectivity index is 1.85. The standard InChI is InChI=1S/C18H17N5O2S/c1-19-18(25)21-20-16(24)10-9-13-12-23(14-6-3-2-4-7-14)22-17(13)15-8-5-11-26-15/h2-12H,1H3,(H,20,24)(H2,19,21,25). The van der Waals surface area contributed by atoms with Gasteiger partial charge in [0.1, 0.15) is 5.69 Å². The number of carbonyl (C=O) groups is 2. The van der Waals surface area contributed by atoms with Crippen molar-refractivity contribution >= 4 is 29.4 Å². The van der Waals surface area contributed by atoms with Crippen LogP contribution in [0.1, 0.15) is 5.56 Å². The number of hydrogen-bond donors (Lipinski definition) is 3. The fourth-order valence-corrected chi connectivity index (χ4v) is 2.95. The van der Waals surface area contributed by atoms with Gasteiger partial charge in [0.15, 0.2) is 0 Å². The van der Waals surface area contributed by atoms with Crippen LogP contribution >= 0.6 is 11.3 Å². The Hall–Kier alpha value is -3.39. The monoisotopic (exact) mass is 367 g/mol. The first-order chi connectivity index (χ1) is 12.7. The molecule has 0 spiro atoms. The van der Waals surface area contributed by atoms with Gasteiger partial charge in [0, 0.05) is 24.9 Å². The van der Waals surface area contributed by atoms with Crippen LogP contribution in [0.3, 0.4) is 0 Å². The van der Waals surface area contributed by atoms with Crippen LogP contribution < -0.4 is 16.2 Å². The number of rotatable bonds is 4. The fourth-order valence-electron chi connectivity index (χ4n) is 2.22. The molecular weight excluding hydrogens is 350 g/mol. The molecular formula is C18H17N5O2S. The van der Waals surface area contributed by atoms with Crippen LogP contribution in [0.15, 0.2) is 60.1 Å². The molecule has 2 heterocycles. The van der Waals surface area contributed by atoms with Gasteiger partial charge in [-0.2, -0.15) is 5.10 Å². The molecule has 3 rings (SSSR count). The third-order valence-electron chi connectivity index (χ3n) is 3.46. The van der Waals surface area contributed by atoms with Crippen molar-refractivity contribution in [1.29, 1.82) is 0 Å². The molecule has 7 nitrogen and oxygen atoms in total. The van der Waals surface area contributed by atoms with Crippen molar-refractivity contribution in [3.8, 4) is 16.3 Å². The highest BCUT2D eigenvalue weighted by Gasteiger charge is 2.11. The third-order valence-corrected chi connectivity index (χ3v) is 4.33. The van der Waals surface area contributed by atoms with Crippen molar-refractivity contribution in [3.63, 3.8) is 0 Å². The van der Waals surface area contributed by atoms with E-state index in [2.05, 4.69) is 21.3 Å². The van der Waals surface area contributed by atoms with E-state index in [4.69, 9.17) is 0 Å². The van der Waals surface area contributed by atoms with E-state index in [1.165, 1.54) is 13.1 Å². The molecule has 3 aromatic rings. The number of amides is 3. The lowest BCUT2D eigenvalue weighted by Gasteiger charge is -2.03. The molecule has 26 heavy (non-hydrogen) atoms. The minimum Gasteiger partial charge on any atom is -0.340 e. The number of para-hydroxylation sites is 1. The van der Waals surface area contributed by atoms with Crippen LogP contribution in [0.25, 0.3) is 22.3 Å². The van der Waals surface area contributed by atoms with E-state index in [0.29, 0.717) is 0 Å². The number of hydrazine groups is 1. The summed E-state index contributed by atoms with van der Waals surface area (Å²) >= 11 is 1.57. The normalized spacial score (nSPS) is 10.7. The smallest absolute Gasteiger partial charge is 0.333 e. The van der Waals surface area contributed by atoms with Gasteiger partial charge in [-0.1, -0.05) is 24.3 Å². The van der Waals surface area contributed by atoms with Crippen LogP contribution in [0, 0.1) is 0 Å². The Labute approximate surface area is 154 Å². The van der Waals surface area contributed by atoms with Crippen LogP contribution in [-0.4, -0.2) is 28.8 Å². The van der Waals surface area contributed by atoms with Gasteiger partial charge in [0.25, 0.3) is 5.91 Å². The molecule has 0 fully saturated rings. The first-order valence-corrected chi connectivity index (χ1v) is 8.70. The minimum atomic E-state index is -0.497. The summed E-state index contributed by atoms with van der Waals surface area (Å²) in [6.07, 6.45) is 4.88. The Morgan fingerprint density at radius 3 is 2.62 bits per heavy atom. The predicted octanol–water partition coefficient (Wildman–Crippen LogP) is 2.57. The van der Waals surface area contributed by atoms with Gasteiger partial charge in [0.05, 0.1) is 10.6 Å². The van der Waals surface area contributed by atoms with E-state index in [1.807, 2.05) is 54.0 Å². The molecule has 0 radical (unpaired) electrons. The third kappa shape index (κ3) is 4.17. The summed E-state index contributed by atoms with van der Waals surface area (Å²) in [5, 5.41) is 8.97. The molecule has 0 atom stereocenters. The number of nitrogens with one attached hydrogen (secondary N) is 3. The van der Waals surface area contributed by atoms with Crippen LogP contribution in [-0.2, 0) is 4.79 Å². The highest BCUT2D eigenvalue weighted by atomic mass is 32.1. The summed E-state index contributed by atoms with van der Waals surface area (Å²) in [4.78, 5) is 23.9. The zero-order chi connectivity index (χ0) is 18.4. The molecule has 3 N–H and O–H groups in total. The molecule has 8 heteroatoms. The molecule has 0 aliphatic heterocycles. The molecule has 0 bridgehead atoms. The maximum atomic E-state index is 11.8. The number of urea groups is 1. The van der Waals surface area contributed by atoms with Crippen LogP contribution in [0.5, 0.6) is 0 Å². The summed E-state index contributed by atoms with van der Waals surface area (Å²) in [6.45, 7) is 0. The second kappa shape index (κ2) is 8.13. The highest BCUT2D eigenvalue weighted by Crippen LogP contribution is 2.28. The molecule has 0 unspecified atom stereocenters. The molecule has 0 saturated heterocycles. The first-order valence-electron chi connectivity index (χ1n) is 7.82. The SMILES string of the molecule is CNC(=O)NNC(=O)C=Cc1cn(-c2ccccc2)nc1-c1cccs1. The number of hydrogen-bond acceptors (Lipinski definition) is 4. The van der Waals surface area contributed by atoms with Gasteiger partial charge >= 0.3 is 6.03 Å². The fraction of sp³-hybridized carbons (Fsp3) is 0.0556. The summed E-state index contributed by atoms with van der Waals surface area (Å²) in [7, 11) is 1.46. The maximum Gasteiger partial charge on any atom is 0.333 e. The van der Waals surface area contributed by atoms with Gasteiger partial charge in [-0.25, -0.2) is 14.9 Å². The van der Waals surface area contributed by atoms with E-state index in [9.17, 15) is 9.59 Å². The quantitative estimate of drug-likeness (QED) is 0.489. The van der Waals surface area contributed by atoms with Crippen LogP contribution in [0.2, 0.25) is 0 Å². The highest BCUT2D eigenvalue weighted by molar-refractivity contribution is 7.13. The van der Waals surface area contributed by atoms with Gasteiger partial charge in [0.2, 0.25) is 0 Å². The number of aromatic nitrogens is 2. The van der Waals surface area contributed by atoms with Gasteiger partial charge in [-0.05, 0) is 29.7 Å². The Morgan fingerprint density at radius 2 is 1.92 bits per heavy atom. The first kappa shape index (κ1) is 17.4. The molecule has 132 valence electrons. The van der Waals surface area contributed by atoms with E-state index in [1.54, 1.807) is 22.1 Å². The average molecular weight is 367 g/mol. The van der Waals surface area contributed by atoms with Gasteiger partial charge in [-0.3, -0.25) is 10.2 Å². The lowest BCUT2D eigenvalue weighted by atomic mass is 10.2. The number of benzene rings is 1. The lowest BCUT2D eigenvalue weighted by Crippen LogP contribution is -2.45. The molecule has 1 aromatic carbocycles. The zero-order valence-electron chi connectivity index (χ0n) is 14.0. The van der Waals surface area contributed by atoms with Crippen molar-refractivity contribution in [2.24, 2.45) is 0 Å². The summed E-state index contributed by atoms with van der Waals surface area (Å²) in [5.74, 6) is -0.446. The molecule has 0 saturated carbocycles. The van der Waals surface area contributed by atoms with Gasteiger partial charge < -0.3 is 5.32 Å². The summed E-state index contributed by atoms with van der Waals surface area (Å²) in [6, 6.07) is 13.2. The minimum absolute atomic E-state index is 0.446. The van der Waals surface area contributed by atoms with E-state index < -0.39 is 11.9 Å². The summed E-state index contributed by atoms with van der Waals surface area (Å²) in [5.41, 5.74) is 7.01. The van der Waals surface area contributed by atoms with Crippen molar-refractivity contribution in [1.82, 2.24) is 25.9 Å².